The molecule has 0 aliphatic heterocycles. The van der Waals surface area contributed by atoms with E-state index in [1.807, 2.05) is 0 Å². The van der Waals surface area contributed by atoms with Crippen molar-refractivity contribution in [3.05, 3.63) is 29.6 Å². The van der Waals surface area contributed by atoms with E-state index in [1.165, 1.54) is 12.1 Å². The van der Waals surface area contributed by atoms with Crippen molar-refractivity contribution < 1.29 is 17.9 Å². The van der Waals surface area contributed by atoms with Crippen molar-refractivity contribution in [3.8, 4) is 0 Å². The van der Waals surface area contributed by atoms with Gasteiger partial charge in [-0.25, -0.2) is 12.8 Å². The van der Waals surface area contributed by atoms with E-state index in [1.54, 1.807) is 7.05 Å². The SMILES string of the molecule is CNCC(O)c1ccc(F)c(NS(C)(=O)=O)c1.Cl. The van der Waals surface area contributed by atoms with Gasteiger partial charge in [-0.1, -0.05) is 6.07 Å². The van der Waals surface area contributed by atoms with Crippen LogP contribution in [0.1, 0.15) is 11.7 Å². The molecule has 1 aromatic carbocycles. The first kappa shape index (κ1) is 17.1. The molecule has 1 rings (SSSR count). The standard InChI is InChI=1S/C10H15FN2O3S.ClH/c1-12-6-10(14)7-3-4-8(11)9(5-7)13-17(2,15)16;/h3-5,10,12-14H,6H2,1-2H3;1H. The van der Waals surface area contributed by atoms with E-state index in [0.717, 1.165) is 12.3 Å². The number of anilines is 1. The number of benzene rings is 1. The maximum atomic E-state index is 13.3. The second kappa shape index (κ2) is 6.89. The normalized spacial score (nSPS) is 12.7. The maximum absolute atomic E-state index is 13.3. The smallest absolute Gasteiger partial charge is 0.229 e. The number of likely N-dealkylation sites (N-methyl/N-ethyl adjacent to an activating group) is 1. The van der Waals surface area contributed by atoms with Gasteiger partial charge in [0.15, 0.2) is 0 Å². The van der Waals surface area contributed by atoms with Crippen molar-refractivity contribution in [2.24, 2.45) is 0 Å². The molecule has 3 N–H and O–H groups in total. The highest BCUT2D eigenvalue weighted by Gasteiger charge is 2.12. The zero-order valence-electron chi connectivity index (χ0n) is 9.97. The Balaban J connectivity index is 0.00000289. The fourth-order valence-corrected chi connectivity index (χ4v) is 1.90. The van der Waals surface area contributed by atoms with E-state index < -0.39 is 21.9 Å². The van der Waals surface area contributed by atoms with Crippen LogP contribution >= 0.6 is 12.4 Å². The number of hydrogen-bond donors (Lipinski definition) is 3. The largest absolute Gasteiger partial charge is 0.387 e. The Morgan fingerprint density at radius 3 is 2.56 bits per heavy atom. The second-order valence-electron chi connectivity index (χ2n) is 3.69. The van der Waals surface area contributed by atoms with Gasteiger partial charge in [-0.3, -0.25) is 4.72 Å². The number of aliphatic hydroxyl groups is 1. The van der Waals surface area contributed by atoms with Gasteiger partial charge in [0.2, 0.25) is 10.0 Å². The molecule has 18 heavy (non-hydrogen) atoms. The summed E-state index contributed by atoms with van der Waals surface area (Å²) in [6.07, 6.45) is 0.115. The van der Waals surface area contributed by atoms with Crippen molar-refractivity contribution in [1.29, 1.82) is 0 Å². The molecule has 0 aliphatic carbocycles. The zero-order valence-corrected chi connectivity index (χ0v) is 11.6. The average Bonchev–Trinajstić information content (AvgIpc) is 2.19. The molecule has 0 aromatic heterocycles. The van der Waals surface area contributed by atoms with Gasteiger partial charge in [0.05, 0.1) is 18.0 Å². The van der Waals surface area contributed by atoms with E-state index >= 15 is 0 Å². The molecule has 8 heteroatoms. The first-order valence-electron chi connectivity index (χ1n) is 4.93. The molecule has 1 unspecified atom stereocenters. The molecule has 0 aliphatic rings. The highest BCUT2D eigenvalue weighted by Crippen LogP contribution is 2.21. The van der Waals surface area contributed by atoms with E-state index in [9.17, 15) is 17.9 Å². The lowest BCUT2D eigenvalue weighted by Gasteiger charge is -2.12. The minimum absolute atomic E-state index is 0. The van der Waals surface area contributed by atoms with E-state index in [-0.39, 0.29) is 18.1 Å². The molecule has 1 aromatic rings. The van der Waals surface area contributed by atoms with Crippen LogP contribution < -0.4 is 10.0 Å². The highest BCUT2D eigenvalue weighted by molar-refractivity contribution is 7.92. The summed E-state index contributed by atoms with van der Waals surface area (Å²) in [5.41, 5.74) is 0.270. The van der Waals surface area contributed by atoms with Crippen LogP contribution in [0.5, 0.6) is 0 Å². The first-order valence-corrected chi connectivity index (χ1v) is 6.82. The van der Waals surface area contributed by atoms with Crippen molar-refractivity contribution >= 4 is 28.1 Å². The van der Waals surface area contributed by atoms with Crippen LogP contribution in [-0.4, -0.2) is 33.4 Å². The molecule has 0 spiro atoms. The van der Waals surface area contributed by atoms with E-state index in [4.69, 9.17) is 0 Å². The molecular weight excluding hydrogens is 283 g/mol. The second-order valence-corrected chi connectivity index (χ2v) is 5.44. The average molecular weight is 299 g/mol. The number of hydrogen-bond acceptors (Lipinski definition) is 4. The summed E-state index contributed by atoms with van der Waals surface area (Å²) >= 11 is 0. The lowest BCUT2D eigenvalue weighted by atomic mass is 10.1. The Hall–Kier alpha value is -0.890. The zero-order chi connectivity index (χ0) is 13.1. The molecular formula is C10H16ClFN2O3S. The van der Waals surface area contributed by atoms with Crippen LogP contribution in [0.15, 0.2) is 18.2 Å². The Kier molecular flexibility index (Phi) is 6.55. The van der Waals surface area contributed by atoms with Crippen LogP contribution in [0, 0.1) is 5.82 Å². The predicted octanol–water partition coefficient (Wildman–Crippen LogP) is 0.872. The number of halogens is 2. The minimum atomic E-state index is -3.54. The third-order valence-corrected chi connectivity index (χ3v) is 2.66. The summed E-state index contributed by atoms with van der Waals surface area (Å²) in [6.45, 7) is 0.296. The highest BCUT2D eigenvalue weighted by atomic mass is 35.5. The maximum Gasteiger partial charge on any atom is 0.229 e. The molecule has 0 amide bonds. The van der Waals surface area contributed by atoms with Gasteiger partial charge in [0, 0.05) is 6.54 Å². The number of rotatable bonds is 5. The molecule has 104 valence electrons. The number of aliphatic hydroxyl groups excluding tert-OH is 1. The van der Waals surface area contributed by atoms with Gasteiger partial charge in [0.1, 0.15) is 5.82 Å². The summed E-state index contributed by atoms with van der Waals surface area (Å²) in [5, 5.41) is 12.4. The van der Waals surface area contributed by atoms with Crippen LogP contribution in [-0.2, 0) is 10.0 Å². The lowest BCUT2D eigenvalue weighted by Crippen LogP contribution is -2.17. The van der Waals surface area contributed by atoms with Crippen LogP contribution in [0.2, 0.25) is 0 Å². The molecule has 0 saturated carbocycles. The molecule has 0 fully saturated rings. The Morgan fingerprint density at radius 2 is 2.06 bits per heavy atom. The summed E-state index contributed by atoms with van der Waals surface area (Å²) in [7, 11) is -1.87. The topological polar surface area (TPSA) is 78.4 Å². The first-order chi connectivity index (χ1) is 7.83. The monoisotopic (exact) mass is 298 g/mol. The summed E-state index contributed by atoms with van der Waals surface area (Å²) in [6, 6.07) is 3.80. The fourth-order valence-electron chi connectivity index (χ4n) is 1.34. The van der Waals surface area contributed by atoms with Crippen molar-refractivity contribution in [2.45, 2.75) is 6.10 Å². The quantitative estimate of drug-likeness (QED) is 0.754. The van der Waals surface area contributed by atoms with Gasteiger partial charge in [-0.15, -0.1) is 12.4 Å². The van der Waals surface area contributed by atoms with Gasteiger partial charge < -0.3 is 10.4 Å². The molecule has 0 bridgehead atoms. The molecule has 0 radical (unpaired) electrons. The number of sulfonamides is 1. The molecule has 1 atom stereocenters. The summed E-state index contributed by atoms with van der Waals surface area (Å²) in [5.74, 6) is -0.684. The van der Waals surface area contributed by atoms with Gasteiger partial charge >= 0.3 is 0 Å². The van der Waals surface area contributed by atoms with Crippen molar-refractivity contribution in [2.75, 3.05) is 24.6 Å². The van der Waals surface area contributed by atoms with Crippen LogP contribution in [0.3, 0.4) is 0 Å². The van der Waals surface area contributed by atoms with Gasteiger partial charge in [0.25, 0.3) is 0 Å². The molecule has 5 nitrogen and oxygen atoms in total. The van der Waals surface area contributed by atoms with E-state index in [2.05, 4.69) is 10.0 Å². The Labute approximate surface area is 112 Å². The predicted molar refractivity (Wildman–Crippen MR) is 71.0 cm³/mol. The third-order valence-electron chi connectivity index (χ3n) is 2.07. The van der Waals surface area contributed by atoms with Gasteiger partial charge in [-0.2, -0.15) is 0 Å². The van der Waals surface area contributed by atoms with Crippen molar-refractivity contribution in [1.82, 2.24) is 5.32 Å². The molecule has 0 heterocycles. The van der Waals surface area contributed by atoms with Gasteiger partial charge in [-0.05, 0) is 24.7 Å². The summed E-state index contributed by atoms with van der Waals surface area (Å²) < 4.78 is 37.4. The lowest BCUT2D eigenvalue weighted by molar-refractivity contribution is 0.178. The fraction of sp³-hybridized carbons (Fsp3) is 0.400. The van der Waals surface area contributed by atoms with Crippen molar-refractivity contribution in [3.63, 3.8) is 0 Å². The van der Waals surface area contributed by atoms with Crippen LogP contribution in [0.4, 0.5) is 10.1 Å². The minimum Gasteiger partial charge on any atom is -0.387 e. The number of nitrogens with one attached hydrogen (secondary N) is 2. The molecule has 0 saturated heterocycles. The summed E-state index contributed by atoms with van der Waals surface area (Å²) in [4.78, 5) is 0. The Bertz CT molecular complexity index is 496. The van der Waals surface area contributed by atoms with E-state index in [0.29, 0.717) is 12.1 Å². The third kappa shape index (κ3) is 5.18. The Morgan fingerprint density at radius 1 is 1.44 bits per heavy atom. The van der Waals surface area contributed by atoms with Crippen LogP contribution in [0.25, 0.3) is 0 Å².